The van der Waals surface area contributed by atoms with Crippen LogP contribution < -0.4 is 21.6 Å². The smallest absolute Gasteiger partial charge is 0.423 e. The van der Waals surface area contributed by atoms with Crippen LogP contribution in [0.4, 0.5) is 17.1 Å². The van der Waals surface area contributed by atoms with E-state index in [4.69, 9.17) is 9.47 Å². The Bertz CT molecular complexity index is 1250. The Morgan fingerprint density at radius 1 is 1.00 bits per heavy atom. The van der Waals surface area contributed by atoms with E-state index in [1.54, 1.807) is 54.6 Å². The largest absolute Gasteiger partial charge is 0.488 e. The molecule has 1 aromatic heterocycles. The van der Waals surface area contributed by atoms with Crippen molar-refractivity contribution in [2.75, 3.05) is 17.9 Å². The zero-order valence-corrected chi connectivity index (χ0v) is 17.1. The summed E-state index contributed by atoms with van der Waals surface area (Å²) in [5.41, 5.74) is 6.96. The van der Waals surface area contributed by atoms with Gasteiger partial charge in [-0.15, -0.1) is 0 Å². The highest BCUT2D eigenvalue weighted by atomic mass is 16.6. The van der Waals surface area contributed by atoms with E-state index >= 15 is 0 Å². The van der Waals surface area contributed by atoms with E-state index in [0.29, 0.717) is 39.1 Å². The second-order valence-electron chi connectivity index (χ2n) is 6.90. The summed E-state index contributed by atoms with van der Waals surface area (Å²) in [7, 11) is -0.0772. The Kier molecular flexibility index (Phi) is 6.31. The molecule has 10 nitrogen and oxygen atoms in total. The van der Waals surface area contributed by atoms with E-state index in [0.717, 1.165) is 5.56 Å². The number of hydrogen-bond acceptors (Lipinski definition) is 9. The molecule has 0 aliphatic heterocycles. The fourth-order valence-corrected chi connectivity index (χ4v) is 3.24. The molecule has 0 spiro atoms. The summed E-state index contributed by atoms with van der Waals surface area (Å²) in [5.74, 6) is -0.296. The average Bonchev–Trinajstić information content (AvgIpc) is 3.30. The van der Waals surface area contributed by atoms with Crippen LogP contribution in [0.3, 0.4) is 0 Å². The standard InChI is InChI=1S/C21H20BN5O5/c1-31-25-18-10-9-17(19-20(18)27-32-26-19)24-16-8-3-2-7-15(16)21(28)23-12-13-5-4-6-14(11-13)22(29)30/h2-11,24-25,29-30H,12H2,1H3,(H,23,28). The Morgan fingerprint density at radius 2 is 1.75 bits per heavy atom. The highest BCUT2D eigenvalue weighted by molar-refractivity contribution is 6.58. The molecule has 0 atom stereocenters. The lowest BCUT2D eigenvalue weighted by Crippen LogP contribution is -2.30. The maximum absolute atomic E-state index is 12.9. The van der Waals surface area contributed by atoms with Crippen LogP contribution in [0.15, 0.2) is 65.3 Å². The van der Waals surface area contributed by atoms with Crippen LogP contribution in [0.5, 0.6) is 0 Å². The molecule has 32 heavy (non-hydrogen) atoms. The van der Waals surface area contributed by atoms with Crippen LogP contribution in [-0.4, -0.2) is 40.5 Å². The topological polar surface area (TPSA) is 142 Å². The minimum Gasteiger partial charge on any atom is -0.423 e. The Labute approximate surface area is 183 Å². The van der Waals surface area contributed by atoms with Crippen molar-refractivity contribution in [1.29, 1.82) is 0 Å². The number of nitrogens with zero attached hydrogens (tertiary/aromatic N) is 2. The third-order valence-corrected chi connectivity index (χ3v) is 4.77. The molecule has 4 aromatic rings. The van der Waals surface area contributed by atoms with Gasteiger partial charge in [-0.05, 0) is 45.6 Å². The maximum Gasteiger partial charge on any atom is 0.488 e. The average molecular weight is 433 g/mol. The number of benzene rings is 3. The van der Waals surface area contributed by atoms with Crippen LogP contribution in [0.2, 0.25) is 0 Å². The van der Waals surface area contributed by atoms with Crippen LogP contribution in [0.1, 0.15) is 15.9 Å². The molecule has 0 aliphatic rings. The zero-order valence-electron chi connectivity index (χ0n) is 17.1. The summed E-state index contributed by atoms with van der Waals surface area (Å²) in [6, 6.07) is 17.3. The fourth-order valence-electron chi connectivity index (χ4n) is 3.24. The van der Waals surface area contributed by atoms with Gasteiger partial charge in [0.2, 0.25) is 0 Å². The number of nitrogens with one attached hydrogen (secondary N) is 3. The summed E-state index contributed by atoms with van der Waals surface area (Å²) < 4.78 is 4.87. The number of hydrogen-bond donors (Lipinski definition) is 5. The number of rotatable bonds is 8. The van der Waals surface area contributed by atoms with Crippen LogP contribution in [-0.2, 0) is 11.4 Å². The zero-order chi connectivity index (χ0) is 22.5. The molecule has 1 amide bonds. The lowest BCUT2D eigenvalue weighted by Gasteiger charge is -2.13. The van der Waals surface area contributed by atoms with E-state index in [9.17, 15) is 14.8 Å². The quantitative estimate of drug-likeness (QED) is 0.207. The van der Waals surface area contributed by atoms with E-state index < -0.39 is 7.12 Å². The second kappa shape index (κ2) is 9.48. The summed E-state index contributed by atoms with van der Waals surface area (Å²) >= 11 is 0. The molecule has 162 valence electrons. The van der Waals surface area contributed by atoms with Gasteiger partial charge in [0.15, 0.2) is 11.0 Å². The SMILES string of the molecule is CONc1ccc(Nc2ccccc2C(=O)NCc2cccc(B(O)O)c2)c2nonc12. The molecule has 11 heteroatoms. The van der Waals surface area contributed by atoms with Crippen molar-refractivity contribution in [1.82, 2.24) is 15.6 Å². The Hall–Kier alpha value is -3.93. The summed E-state index contributed by atoms with van der Waals surface area (Å²) in [6.07, 6.45) is 0. The lowest BCUT2D eigenvalue weighted by atomic mass is 9.79. The summed E-state index contributed by atoms with van der Waals surface area (Å²) in [5, 5.41) is 32.5. The number of para-hydroxylation sites is 1. The van der Waals surface area contributed by atoms with Crippen molar-refractivity contribution in [3.63, 3.8) is 0 Å². The molecule has 3 aromatic carbocycles. The predicted molar refractivity (Wildman–Crippen MR) is 120 cm³/mol. The number of aromatic nitrogens is 2. The predicted octanol–water partition coefficient (Wildman–Crippen LogP) is 1.55. The van der Waals surface area contributed by atoms with Gasteiger partial charge in [-0.3, -0.25) is 15.1 Å². The van der Waals surface area contributed by atoms with E-state index in [2.05, 4.69) is 26.4 Å². The molecule has 0 saturated heterocycles. The van der Waals surface area contributed by atoms with Crippen molar-refractivity contribution in [3.05, 3.63) is 71.8 Å². The third-order valence-electron chi connectivity index (χ3n) is 4.77. The van der Waals surface area contributed by atoms with Gasteiger partial charge in [0.1, 0.15) is 0 Å². The van der Waals surface area contributed by atoms with Gasteiger partial charge in [-0.2, -0.15) is 0 Å². The van der Waals surface area contributed by atoms with E-state index in [1.807, 2.05) is 6.07 Å². The fraction of sp³-hybridized carbons (Fsp3) is 0.0952. The maximum atomic E-state index is 12.9. The molecule has 5 N–H and O–H groups in total. The van der Waals surface area contributed by atoms with E-state index in [-0.39, 0.29) is 12.5 Å². The van der Waals surface area contributed by atoms with Gasteiger partial charge in [-0.1, -0.05) is 36.4 Å². The van der Waals surface area contributed by atoms with Gasteiger partial charge in [-0.25, -0.2) is 4.63 Å². The molecule has 1 heterocycles. The molecular formula is C21H20BN5O5. The number of carbonyl (C=O) groups excluding carboxylic acids is 1. The van der Waals surface area contributed by atoms with Crippen LogP contribution in [0, 0.1) is 0 Å². The van der Waals surface area contributed by atoms with Crippen molar-refractivity contribution in [2.45, 2.75) is 6.54 Å². The first-order valence-electron chi connectivity index (χ1n) is 9.70. The Balaban J connectivity index is 1.54. The molecule has 0 bridgehead atoms. The molecule has 4 rings (SSSR count). The molecule has 0 aliphatic carbocycles. The first-order valence-corrected chi connectivity index (χ1v) is 9.70. The second-order valence-corrected chi connectivity index (χ2v) is 6.90. The van der Waals surface area contributed by atoms with Gasteiger partial charge < -0.3 is 20.7 Å². The highest BCUT2D eigenvalue weighted by Gasteiger charge is 2.16. The van der Waals surface area contributed by atoms with E-state index in [1.165, 1.54) is 7.11 Å². The number of carbonyl (C=O) groups is 1. The Morgan fingerprint density at radius 3 is 2.53 bits per heavy atom. The van der Waals surface area contributed by atoms with Crippen molar-refractivity contribution in [3.8, 4) is 0 Å². The molecular weight excluding hydrogens is 413 g/mol. The van der Waals surface area contributed by atoms with Crippen LogP contribution in [0.25, 0.3) is 11.0 Å². The van der Waals surface area contributed by atoms with Crippen molar-refractivity contribution >= 4 is 46.6 Å². The first kappa shape index (κ1) is 21.3. The normalized spacial score (nSPS) is 10.7. The lowest BCUT2D eigenvalue weighted by molar-refractivity contribution is 0.0951. The van der Waals surface area contributed by atoms with Gasteiger partial charge in [0, 0.05) is 6.54 Å². The van der Waals surface area contributed by atoms with Gasteiger partial charge in [0.25, 0.3) is 5.91 Å². The number of amides is 1. The minimum atomic E-state index is -1.57. The molecule has 0 fully saturated rings. The monoisotopic (exact) mass is 433 g/mol. The summed E-state index contributed by atoms with van der Waals surface area (Å²) in [4.78, 5) is 17.8. The highest BCUT2D eigenvalue weighted by Crippen LogP contribution is 2.30. The van der Waals surface area contributed by atoms with Crippen molar-refractivity contribution in [2.24, 2.45) is 0 Å². The first-order chi connectivity index (χ1) is 15.6. The number of fused-ring (bicyclic) bond motifs is 1. The molecule has 0 saturated carbocycles. The molecule has 0 unspecified atom stereocenters. The van der Waals surface area contributed by atoms with Gasteiger partial charge in [0.05, 0.1) is 29.7 Å². The molecule has 0 radical (unpaired) electrons. The minimum absolute atomic E-state index is 0.225. The van der Waals surface area contributed by atoms with Gasteiger partial charge >= 0.3 is 7.12 Å². The van der Waals surface area contributed by atoms with Crippen molar-refractivity contribution < 1.29 is 24.3 Å². The third kappa shape index (κ3) is 4.54. The van der Waals surface area contributed by atoms with Crippen LogP contribution >= 0.6 is 0 Å². The summed E-state index contributed by atoms with van der Waals surface area (Å²) in [6.45, 7) is 0.225. The number of anilines is 3.